The number of nitrogens with zero attached hydrogens (tertiary/aromatic N) is 1. The van der Waals surface area contributed by atoms with Crippen LogP contribution in [0.3, 0.4) is 0 Å². The maximum absolute atomic E-state index is 13.4. The first-order valence-electron chi connectivity index (χ1n) is 10.1. The summed E-state index contributed by atoms with van der Waals surface area (Å²) in [5.74, 6) is 2.48. The number of morpholine rings is 1. The second-order valence-electron chi connectivity index (χ2n) is 8.11. The predicted molar refractivity (Wildman–Crippen MR) is 112 cm³/mol. The van der Waals surface area contributed by atoms with Crippen LogP contribution in [0.5, 0.6) is 0 Å². The van der Waals surface area contributed by atoms with Crippen LogP contribution in [-0.2, 0) is 14.9 Å². The SMILES string of the molecule is O=C(NC[C@]1(N2CCOCC2)CCSC1)C1(c2ccc(Cl)cc2)CCCC1. The average Bonchev–Trinajstić information content (AvgIpc) is 3.39. The zero-order valence-electron chi connectivity index (χ0n) is 15.8. The second-order valence-corrected chi connectivity index (χ2v) is 9.65. The van der Waals surface area contributed by atoms with Crippen molar-refractivity contribution in [3.8, 4) is 0 Å². The Labute approximate surface area is 171 Å². The van der Waals surface area contributed by atoms with E-state index in [1.165, 1.54) is 5.75 Å². The van der Waals surface area contributed by atoms with E-state index in [1.54, 1.807) is 0 Å². The third-order valence-electron chi connectivity index (χ3n) is 6.63. The summed E-state index contributed by atoms with van der Waals surface area (Å²) in [7, 11) is 0. The summed E-state index contributed by atoms with van der Waals surface area (Å²) < 4.78 is 5.55. The Morgan fingerprint density at radius 3 is 2.48 bits per heavy atom. The van der Waals surface area contributed by atoms with Crippen LogP contribution in [-0.4, -0.2) is 60.7 Å². The van der Waals surface area contributed by atoms with Crippen LogP contribution in [0.1, 0.15) is 37.7 Å². The molecule has 3 fully saturated rings. The first kappa shape index (κ1) is 19.6. The van der Waals surface area contributed by atoms with Gasteiger partial charge in [-0.25, -0.2) is 0 Å². The lowest BCUT2D eigenvalue weighted by molar-refractivity contribution is -0.127. The number of carbonyl (C=O) groups excluding carboxylic acids is 1. The van der Waals surface area contributed by atoms with E-state index in [-0.39, 0.29) is 16.9 Å². The minimum Gasteiger partial charge on any atom is -0.379 e. The van der Waals surface area contributed by atoms with Crippen LogP contribution in [0, 0.1) is 0 Å². The molecular weight excluding hydrogens is 380 g/mol. The van der Waals surface area contributed by atoms with Gasteiger partial charge in [-0.3, -0.25) is 9.69 Å². The smallest absolute Gasteiger partial charge is 0.230 e. The molecule has 1 amide bonds. The van der Waals surface area contributed by atoms with Crippen LogP contribution < -0.4 is 5.32 Å². The van der Waals surface area contributed by atoms with E-state index in [0.29, 0.717) is 0 Å². The van der Waals surface area contributed by atoms with Gasteiger partial charge in [0.15, 0.2) is 0 Å². The van der Waals surface area contributed by atoms with Crippen molar-refractivity contribution in [1.82, 2.24) is 10.2 Å². The molecule has 4 nitrogen and oxygen atoms in total. The highest BCUT2D eigenvalue weighted by atomic mass is 35.5. The van der Waals surface area contributed by atoms with Crippen LogP contribution >= 0.6 is 23.4 Å². The van der Waals surface area contributed by atoms with E-state index < -0.39 is 0 Å². The van der Waals surface area contributed by atoms with Crippen molar-refractivity contribution in [2.75, 3.05) is 44.4 Å². The van der Waals surface area contributed by atoms with Crippen LogP contribution in [0.4, 0.5) is 0 Å². The Bertz CT molecular complexity index is 649. The molecule has 2 saturated heterocycles. The number of nitrogens with one attached hydrogen (secondary N) is 1. The van der Waals surface area contributed by atoms with E-state index in [1.807, 2.05) is 36.0 Å². The monoisotopic (exact) mass is 408 g/mol. The molecular formula is C21H29ClN2O2S. The standard InChI is InChI=1S/C21H29ClN2O2S/c22-18-5-3-17(4-6-18)21(7-1-2-8-21)19(25)23-15-20(9-14-27-16-20)24-10-12-26-13-11-24/h3-6H,1-2,7-16H2,(H,23,25)/t20-/m1/s1. The second kappa shape index (κ2) is 8.32. The largest absolute Gasteiger partial charge is 0.379 e. The first-order chi connectivity index (χ1) is 13.1. The van der Waals surface area contributed by atoms with Gasteiger partial charge in [0.25, 0.3) is 0 Å². The molecule has 0 aromatic heterocycles. The Morgan fingerprint density at radius 1 is 1.15 bits per heavy atom. The number of ether oxygens (including phenoxy) is 1. The zero-order valence-corrected chi connectivity index (χ0v) is 17.4. The Hall–Kier alpha value is -0.750. The minimum atomic E-state index is -0.386. The average molecular weight is 409 g/mol. The summed E-state index contributed by atoms with van der Waals surface area (Å²) in [5, 5.41) is 4.11. The molecule has 148 valence electrons. The summed E-state index contributed by atoms with van der Waals surface area (Å²) in [6.45, 7) is 4.29. The highest BCUT2D eigenvalue weighted by molar-refractivity contribution is 7.99. The van der Waals surface area contributed by atoms with Crippen molar-refractivity contribution in [1.29, 1.82) is 0 Å². The maximum atomic E-state index is 13.4. The van der Waals surface area contributed by atoms with Gasteiger partial charge in [0, 0.05) is 35.9 Å². The van der Waals surface area contributed by atoms with Gasteiger partial charge in [-0.1, -0.05) is 36.6 Å². The van der Waals surface area contributed by atoms with Crippen LogP contribution in [0.15, 0.2) is 24.3 Å². The lowest BCUT2D eigenvalue weighted by atomic mass is 9.77. The number of benzene rings is 1. The van der Waals surface area contributed by atoms with Gasteiger partial charge >= 0.3 is 0 Å². The molecule has 2 heterocycles. The summed E-state index contributed by atoms with van der Waals surface area (Å²) in [5.41, 5.74) is 0.815. The molecule has 4 rings (SSSR count). The van der Waals surface area contributed by atoms with E-state index in [0.717, 1.165) is 81.3 Å². The van der Waals surface area contributed by atoms with E-state index in [4.69, 9.17) is 16.3 Å². The topological polar surface area (TPSA) is 41.6 Å². The molecule has 0 radical (unpaired) electrons. The van der Waals surface area contributed by atoms with Crippen molar-refractivity contribution in [3.05, 3.63) is 34.9 Å². The summed E-state index contributed by atoms with van der Waals surface area (Å²) >= 11 is 8.08. The third kappa shape index (κ3) is 3.89. The van der Waals surface area contributed by atoms with Crippen molar-refractivity contribution < 1.29 is 9.53 Å². The van der Waals surface area contributed by atoms with Gasteiger partial charge in [-0.05, 0) is 42.7 Å². The molecule has 1 aliphatic carbocycles. The Balaban J connectivity index is 1.50. The van der Waals surface area contributed by atoms with Gasteiger partial charge < -0.3 is 10.1 Å². The molecule has 1 saturated carbocycles. The quantitative estimate of drug-likeness (QED) is 0.809. The van der Waals surface area contributed by atoms with Gasteiger partial charge in [-0.15, -0.1) is 0 Å². The highest BCUT2D eigenvalue weighted by Crippen LogP contribution is 2.42. The number of hydrogen-bond acceptors (Lipinski definition) is 4. The van der Waals surface area contributed by atoms with E-state index in [9.17, 15) is 4.79 Å². The normalized spacial score (nSPS) is 28.3. The molecule has 1 aromatic rings. The molecule has 27 heavy (non-hydrogen) atoms. The van der Waals surface area contributed by atoms with Crippen molar-refractivity contribution in [2.24, 2.45) is 0 Å². The molecule has 3 aliphatic rings. The molecule has 0 bridgehead atoms. The molecule has 2 aliphatic heterocycles. The number of carbonyl (C=O) groups is 1. The van der Waals surface area contributed by atoms with Gasteiger partial charge in [0.1, 0.15) is 0 Å². The first-order valence-corrected chi connectivity index (χ1v) is 11.6. The van der Waals surface area contributed by atoms with Crippen molar-refractivity contribution in [2.45, 2.75) is 43.1 Å². The predicted octanol–water partition coefficient (Wildman–Crippen LogP) is 3.48. The fourth-order valence-electron chi connectivity index (χ4n) is 4.94. The lowest BCUT2D eigenvalue weighted by Crippen LogP contribution is -2.60. The summed E-state index contributed by atoms with van der Waals surface area (Å²) in [6, 6.07) is 7.90. The van der Waals surface area contributed by atoms with Crippen molar-refractivity contribution in [3.63, 3.8) is 0 Å². The Kier molecular flexibility index (Phi) is 6.03. The number of amides is 1. The molecule has 6 heteroatoms. The lowest BCUT2D eigenvalue weighted by Gasteiger charge is -2.43. The highest BCUT2D eigenvalue weighted by Gasteiger charge is 2.45. The van der Waals surface area contributed by atoms with Crippen LogP contribution in [0.25, 0.3) is 0 Å². The molecule has 1 aromatic carbocycles. The van der Waals surface area contributed by atoms with E-state index >= 15 is 0 Å². The number of thioether (sulfide) groups is 1. The minimum absolute atomic E-state index is 0.0872. The zero-order chi connectivity index (χ0) is 18.7. The fraction of sp³-hybridized carbons (Fsp3) is 0.667. The number of halogens is 1. The van der Waals surface area contributed by atoms with Gasteiger partial charge in [-0.2, -0.15) is 11.8 Å². The third-order valence-corrected chi connectivity index (χ3v) is 8.12. The Morgan fingerprint density at radius 2 is 1.85 bits per heavy atom. The molecule has 0 spiro atoms. The maximum Gasteiger partial charge on any atom is 0.230 e. The van der Waals surface area contributed by atoms with Gasteiger partial charge in [0.2, 0.25) is 5.91 Å². The number of rotatable bonds is 5. The molecule has 1 atom stereocenters. The molecule has 0 unspecified atom stereocenters. The fourth-order valence-corrected chi connectivity index (χ4v) is 6.55. The van der Waals surface area contributed by atoms with E-state index in [2.05, 4.69) is 10.2 Å². The summed E-state index contributed by atoms with van der Waals surface area (Å²) in [6.07, 6.45) is 5.23. The summed E-state index contributed by atoms with van der Waals surface area (Å²) in [4.78, 5) is 16.0. The van der Waals surface area contributed by atoms with Gasteiger partial charge in [0.05, 0.1) is 18.6 Å². The van der Waals surface area contributed by atoms with Crippen molar-refractivity contribution >= 4 is 29.3 Å². The number of hydrogen-bond donors (Lipinski definition) is 1. The van der Waals surface area contributed by atoms with Crippen LogP contribution in [0.2, 0.25) is 5.02 Å². The molecule has 1 N–H and O–H groups in total.